The highest BCUT2D eigenvalue weighted by Crippen LogP contribution is 2.29. The van der Waals surface area contributed by atoms with Crippen LogP contribution in [0.3, 0.4) is 0 Å². The van der Waals surface area contributed by atoms with Gasteiger partial charge in [-0.15, -0.1) is 0 Å². The Morgan fingerprint density at radius 2 is 2.05 bits per heavy atom. The van der Waals surface area contributed by atoms with Crippen LogP contribution in [0.15, 0.2) is 36.5 Å². The predicted molar refractivity (Wildman–Crippen MR) is 84.7 cm³/mol. The van der Waals surface area contributed by atoms with Crippen LogP contribution in [-0.2, 0) is 6.54 Å². The highest BCUT2D eigenvalue weighted by atomic mass is 16.5. The van der Waals surface area contributed by atoms with Gasteiger partial charge in [-0.1, -0.05) is 25.0 Å². The van der Waals surface area contributed by atoms with Crippen LogP contribution in [0.1, 0.15) is 44.3 Å². The van der Waals surface area contributed by atoms with Crippen LogP contribution in [0.25, 0.3) is 0 Å². The molecule has 0 bridgehead atoms. The molecule has 3 rings (SSSR count). The molecule has 0 atom stereocenters. The van der Waals surface area contributed by atoms with Crippen molar-refractivity contribution in [2.75, 3.05) is 11.9 Å². The maximum absolute atomic E-state index is 5.62. The molecule has 1 aromatic carbocycles. The van der Waals surface area contributed by atoms with Crippen LogP contribution in [0.5, 0.6) is 5.75 Å². The average Bonchev–Trinajstić information content (AvgIpc) is 3.18. The molecule has 0 aliphatic heterocycles. The third kappa shape index (κ3) is 3.38. The molecular weight excluding hydrogens is 262 g/mol. The van der Waals surface area contributed by atoms with Gasteiger partial charge < -0.3 is 10.1 Å². The highest BCUT2D eigenvalue weighted by molar-refractivity contribution is 5.56. The second-order valence-corrected chi connectivity index (χ2v) is 5.51. The number of para-hydroxylation sites is 2. The van der Waals surface area contributed by atoms with E-state index in [0.717, 1.165) is 23.7 Å². The molecule has 4 nitrogen and oxygen atoms in total. The summed E-state index contributed by atoms with van der Waals surface area (Å²) in [7, 11) is 0. The van der Waals surface area contributed by atoms with Crippen molar-refractivity contribution in [3.05, 3.63) is 42.2 Å². The van der Waals surface area contributed by atoms with Gasteiger partial charge in [0, 0.05) is 6.20 Å². The number of rotatable bonds is 6. The summed E-state index contributed by atoms with van der Waals surface area (Å²) in [5.74, 6) is 0.898. The number of nitrogens with zero attached hydrogens (tertiary/aromatic N) is 2. The monoisotopic (exact) mass is 285 g/mol. The first kappa shape index (κ1) is 14.0. The average molecular weight is 285 g/mol. The first-order valence-electron chi connectivity index (χ1n) is 7.86. The molecule has 1 aromatic heterocycles. The third-order valence-electron chi connectivity index (χ3n) is 4.01. The fourth-order valence-corrected chi connectivity index (χ4v) is 2.92. The van der Waals surface area contributed by atoms with E-state index < -0.39 is 0 Å². The molecular formula is C17H23N3O. The smallest absolute Gasteiger partial charge is 0.142 e. The van der Waals surface area contributed by atoms with E-state index in [0.29, 0.717) is 12.6 Å². The lowest BCUT2D eigenvalue weighted by atomic mass is 10.3. The van der Waals surface area contributed by atoms with Crippen molar-refractivity contribution >= 4 is 5.69 Å². The Bertz CT molecular complexity index is 573. The normalized spacial score (nSPS) is 15.3. The number of hydrogen-bond acceptors (Lipinski definition) is 3. The summed E-state index contributed by atoms with van der Waals surface area (Å²) in [6, 6.07) is 10.7. The molecule has 4 heteroatoms. The van der Waals surface area contributed by atoms with Gasteiger partial charge in [-0.25, -0.2) is 0 Å². The molecule has 1 saturated carbocycles. The Hall–Kier alpha value is -1.97. The van der Waals surface area contributed by atoms with E-state index >= 15 is 0 Å². The van der Waals surface area contributed by atoms with E-state index in [1.54, 1.807) is 0 Å². The van der Waals surface area contributed by atoms with Crippen LogP contribution in [-0.4, -0.2) is 16.4 Å². The zero-order valence-electron chi connectivity index (χ0n) is 12.6. The van der Waals surface area contributed by atoms with Gasteiger partial charge in [0.1, 0.15) is 5.75 Å². The standard InChI is InChI=1S/C17H23N3O/c1-2-21-17-10-6-5-9-16(17)18-13-14-11-12-20(19-14)15-7-3-4-8-15/h5-6,9-12,15,18H,2-4,7-8,13H2,1H3. The number of nitrogens with one attached hydrogen (secondary N) is 1. The van der Waals surface area contributed by atoms with E-state index in [-0.39, 0.29) is 0 Å². The van der Waals surface area contributed by atoms with Crippen LogP contribution in [0.4, 0.5) is 5.69 Å². The quantitative estimate of drug-likeness (QED) is 0.871. The lowest BCUT2D eigenvalue weighted by Gasteiger charge is -2.11. The summed E-state index contributed by atoms with van der Waals surface area (Å²) in [5, 5.41) is 8.11. The molecule has 0 spiro atoms. The maximum atomic E-state index is 5.62. The Morgan fingerprint density at radius 1 is 1.24 bits per heavy atom. The zero-order chi connectivity index (χ0) is 14.5. The van der Waals surface area contributed by atoms with Crippen molar-refractivity contribution < 1.29 is 4.74 Å². The lowest BCUT2D eigenvalue weighted by molar-refractivity contribution is 0.341. The summed E-state index contributed by atoms with van der Waals surface area (Å²) in [6.45, 7) is 3.40. The molecule has 1 aliphatic carbocycles. The maximum Gasteiger partial charge on any atom is 0.142 e. The van der Waals surface area contributed by atoms with Crippen molar-refractivity contribution in [2.24, 2.45) is 0 Å². The Balaban J connectivity index is 1.62. The summed E-state index contributed by atoms with van der Waals surface area (Å²) < 4.78 is 7.76. The summed E-state index contributed by atoms with van der Waals surface area (Å²) in [6.07, 6.45) is 7.31. The van der Waals surface area contributed by atoms with Crippen LogP contribution in [0, 0.1) is 0 Å². The van der Waals surface area contributed by atoms with E-state index in [1.165, 1.54) is 25.7 Å². The van der Waals surface area contributed by atoms with E-state index in [4.69, 9.17) is 9.84 Å². The second-order valence-electron chi connectivity index (χ2n) is 5.51. The van der Waals surface area contributed by atoms with Gasteiger partial charge in [-0.05, 0) is 38.0 Å². The summed E-state index contributed by atoms with van der Waals surface area (Å²) >= 11 is 0. The fraction of sp³-hybridized carbons (Fsp3) is 0.471. The lowest BCUT2D eigenvalue weighted by Crippen LogP contribution is -2.07. The molecule has 1 heterocycles. The third-order valence-corrected chi connectivity index (χ3v) is 4.01. The van der Waals surface area contributed by atoms with Gasteiger partial charge in [-0.2, -0.15) is 5.10 Å². The first-order valence-corrected chi connectivity index (χ1v) is 7.86. The molecule has 1 aliphatic rings. The second kappa shape index (κ2) is 6.66. The number of benzene rings is 1. The molecule has 112 valence electrons. The SMILES string of the molecule is CCOc1ccccc1NCc1ccn(C2CCCC2)n1. The van der Waals surface area contributed by atoms with Gasteiger partial charge in [0.05, 0.1) is 30.6 Å². The van der Waals surface area contributed by atoms with Crippen molar-refractivity contribution in [3.63, 3.8) is 0 Å². The van der Waals surface area contributed by atoms with Crippen molar-refractivity contribution in [2.45, 2.75) is 45.2 Å². The number of ether oxygens (including phenoxy) is 1. The van der Waals surface area contributed by atoms with Crippen LogP contribution < -0.4 is 10.1 Å². The largest absolute Gasteiger partial charge is 0.492 e. The topological polar surface area (TPSA) is 39.1 Å². The highest BCUT2D eigenvalue weighted by Gasteiger charge is 2.17. The number of hydrogen-bond donors (Lipinski definition) is 1. The summed E-state index contributed by atoms with van der Waals surface area (Å²) in [4.78, 5) is 0. The van der Waals surface area contributed by atoms with Gasteiger partial charge in [0.25, 0.3) is 0 Å². The minimum absolute atomic E-state index is 0.606. The molecule has 0 unspecified atom stereocenters. The van der Waals surface area contributed by atoms with E-state index in [2.05, 4.69) is 22.3 Å². The van der Waals surface area contributed by atoms with Crippen molar-refractivity contribution in [1.29, 1.82) is 0 Å². The predicted octanol–water partition coefficient (Wildman–Crippen LogP) is 4.01. The molecule has 0 saturated heterocycles. The molecule has 0 amide bonds. The van der Waals surface area contributed by atoms with Crippen LogP contribution in [0.2, 0.25) is 0 Å². The molecule has 1 fully saturated rings. The van der Waals surface area contributed by atoms with Crippen molar-refractivity contribution in [3.8, 4) is 5.75 Å². The van der Waals surface area contributed by atoms with Crippen LogP contribution >= 0.6 is 0 Å². The zero-order valence-corrected chi connectivity index (χ0v) is 12.6. The van der Waals surface area contributed by atoms with E-state index in [9.17, 15) is 0 Å². The van der Waals surface area contributed by atoms with Gasteiger partial charge in [-0.3, -0.25) is 4.68 Å². The van der Waals surface area contributed by atoms with Gasteiger partial charge in [0.15, 0.2) is 0 Å². The first-order chi connectivity index (χ1) is 10.4. The molecule has 0 radical (unpaired) electrons. The summed E-state index contributed by atoms with van der Waals surface area (Å²) in [5.41, 5.74) is 2.10. The number of aromatic nitrogens is 2. The molecule has 21 heavy (non-hydrogen) atoms. The van der Waals surface area contributed by atoms with E-state index in [1.807, 2.05) is 31.2 Å². The Kier molecular flexibility index (Phi) is 4.43. The molecule has 1 N–H and O–H groups in total. The Morgan fingerprint density at radius 3 is 2.86 bits per heavy atom. The fourth-order valence-electron chi connectivity index (χ4n) is 2.92. The van der Waals surface area contributed by atoms with Gasteiger partial charge >= 0.3 is 0 Å². The minimum Gasteiger partial charge on any atom is -0.492 e. The Labute approximate surface area is 126 Å². The minimum atomic E-state index is 0.606. The van der Waals surface area contributed by atoms with Crippen molar-refractivity contribution in [1.82, 2.24) is 9.78 Å². The number of anilines is 1. The molecule has 2 aromatic rings. The van der Waals surface area contributed by atoms with Gasteiger partial charge in [0.2, 0.25) is 0 Å².